The maximum atomic E-state index is 11.6. The third kappa shape index (κ3) is 2.02. The number of para-hydroxylation sites is 1. The van der Waals surface area contributed by atoms with Crippen LogP contribution in [0.1, 0.15) is 10.5 Å². The highest BCUT2D eigenvalue weighted by atomic mass is 16.1. The van der Waals surface area contributed by atoms with Crippen molar-refractivity contribution in [1.82, 2.24) is 35.2 Å². The number of nitrogens with one attached hydrogen (secondary N) is 1. The molecule has 0 unspecified atom stereocenters. The number of carbonyl (C=O) groups is 1. The van der Waals surface area contributed by atoms with Gasteiger partial charge in [0.25, 0.3) is 5.91 Å². The molecule has 3 heterocycles. The standard InChI is InChI=1S/C14H10N8O/c15-12(23)10-8-4-1-2-5-9(8)22(20-10)14-11(18-21-19-14)13-16-6-3-7-17-13/h1-7H,(H2,15,23)(H,18,19,21). The van der Waals surface area contributed by atoms with Crippen LogP contribution in [-0.2, 0) is 0 Å². The largest absolute Gasteiger partial charge is 0.364 e. The number of H-pyrrole nitrogens is 1. The van der Waals surface area contributed by atoms with Gasteiger partial charge in [-0.25, -0.2) is 14.6 Å². The molecule has 3 aromatic heterocycles. The van der Waals surface area contributed by atoms with E-state index in [2.05, 4.69) is 30.5 Å². The average molecular weight is 306 g/mol. The summed E-state index contributed by atoms with van der Waals surface area (Å²) in [6.45, 7) is 0. The van der Waals surface area contributed by atoms with E-state index in [9.17, 15) is 4.79 Å². The van der Waals surface area contributed by atoms with Crippen LogP contribution in [0.3, 0.4) is 0 Å². The number of aromatic nitrogens is 7. The molecule has 0 atom stereocenters. The molecule has 23 heavy (non-hydrogen) atoms. The number of primary amides is 1. The molecule has 112 valence electrons. The number of hydrogen-bond acceptors (Lipinski definition) is 6. The second-order valence-electron chi connectivity index (χ2n) is 4.71. The van der Waals surface area contributed by atoms with Crippen molar-refractivity contribution in [2.75, 3.05) is 0 Å². The second-order valence-corrected chi connectivity index (χ2v) is 4.71. The minimum Gasteiger partial charge on any atom is -0.364 e. The Morgan fingerprint density at radius 2 is 1.87 bits per heavy atom. The lowest BCUT2D eigenvalue weighted by Gasteiger charge is -2.01. The summed E-state index contributed by atoms with van der Waals surface area (Å²) in [5.74, 6) is 0.178. The fraction of sp³-hybridized carbons (Fsp3) is 0. The number of aromatic amines is 1. The van der Waals surface area contributed by atoms with E-state index in [0.29, 0.717) is 28.2 Å². The minimum absolute atomic E-state index is 0.170. The lowest BCUT2D eigenvalue weighted by atomic mass is 10.2. The summed E-state index contributed by atoms with van der Waals surface area (Å²) >= 11 is 0. The number of carbonyl (C=O) groups excluding carboxylic acids is 1. The molecule has 0 saturated carbocycles. The molecule has 0 aliphatic heterocycles. The first-order chi connectivity index (χ1) is 11.3. The van der Waals surface area contributed by atoms with Crippen molar-refractivity contribution in [3.8, 4) is 17.3 Å². The number of hydrogen-bond donors (Lipinski definition) is 2. The van der Waals surface area contributed by atoms with Crippen molar-refractivity contribution < 1.29 is 4.79 Å². The molecule has 0 radical (unpaired) electrons. The van der Waals surface area contributed by atoms with Gasteiger partial charge in [0.05, 0.1) is 5.52 Å². The van der Waals surface area contributed by atoms with E-state index < -0.39 is 5.91 Å². The highest BCUT2D eigenvalue weighted by Gasteiger charge is 2.21. The second kappa shape index (κ2) is 4.98. The Balaban J connectivity index is 1.99. The lowest BCUT2D eigenvalue weighted by molar-refractivity contribution is 0.0996. The van der Waals surface area contributed by atoms with Gasteiger partial charge in [0.2, 0.25) is 5.82 Å². The van der Waals surface area contributed by atoms with E-state index in [1.165, 1.54) is 4.68 Å². The van der Waals surface area contributed by atoms with Gasteiger partial charge in [0, 0.05) is 17.8 Å². The van der Waals surface area contributed by atoms with Crippen molar-refractivity contribution >= 4 is 16.8 Å². The summed E-state index contributed by atoms with van der Waals surface area (Å²) in [6.07, 6.45) is 3.22. The first-order valence-corrected chi connectivity index (χ1v) is 6.72. The van der Waals surface area contributed by atoms with Crippen LogP contribution in [0, 0.1) is 0 Å². The third-order valence-corrected chi connectivity index (χ3v) is 3.33. The molecule has 9 heteroatoms. The van der Waals surface area contributed by atoms with Gasteiger partial charge in [0.1, 0.15) is 0 Å². The van der Waals surface area contributed by atoms with E-state index in [4.69, 9.17) is 5.73 Å². The van der Waals surface area contributed by atoms with Crippen LogP contribution >= 0.6 is 0 Å². The fourth-order valence-electron chi connectivity index (χ4n) is 2.35. The number of benzene rings is 1. The topological polar surface area (TPSA) is 128 Å². The minimum atomic E-state index is -0.610. The van der Waals surface area contributed by atoms with Crippen LogP contribution in [0.2, 0.25) is 0 Å². The Morgan fingerprint density at radius 3 is 2.65 bits per heavy atom. The average Bonchev–Trinajstić information content (AvgIpc) is 3.20. The lowest BCUT2D eigenvalue weighted by Crippen LogP contribution is -2.12. The van der Waals surface area contributed by atoms with Crippen molar-refractivity contribution in [2.24, 2.45) is 5.73 Å². The van der Waals surface area contributed by atoms with Crippen LogP contribution in [0.4, 0.5) is 0 Å². The van der Waals surface area contributed by atoms with Crippen LogP contribution < -0.4 is 5.73 Å². The van der Waals surface area contributed by atoms with Gasteiger partial charge in [-0.15, -0.1) is 5.10 Å². The zero-order valence-electron chi connectivity index (χ0n) is 11.7. The molecule has 4 aromatic rings. The third-order valence-electron chi connectivity index (χ3n) is 3.33. The van der Waals surface area contributed by atoms with Gasteiger partial charge < -0.3 is 5.73 Å². The van der Waals surface area contributed by atoms with E-state index in [-0.39, 0.29) is 5.69 Å². The zero-order chi connectivity index (χ0) is 15.8. The number of nitrogens with zero attached hydrogens (tertiary/aromatic N) is 6. The maximum Gasteiger partial charge on any atom is 0.269 e. The first-order valence-electron chi connectivity index (χ1n) is 6.72. The quantitative estimate of drug-likeness (QED) is 0.573. The molecular formula is C14H10N8O. The molecule has 4 rings (SSSR count). The zero-order valence-corrected chi connectivity index (χ0v) is 11.7. The van der Waals surface area contributed by atoms with Crippen LogP contribution in [0.5, 0.6) is 0 Å². The van der Waals surface area contributed by atoms with Gasteiger partial charge in [-0.1, -0.05) is 18.2 Å². The molecule has 1 amide bonds. The smallest absolute Gasteiger partial charge is 0.269 e. The SMILES string of the molecule is NC(=O)c1nn(-c2n[nH]nc2-c2ncccn2)c2ccccc12. The van der Waals surface area contributed by atoms with Gasteiger partial charge in [0.15, 0.2) is 17.2 Å². The van der Waals surface area contributed by atoms with Crippen LogP contribution in [0.15, 0.2) is 42.7 Å². The molecule has 0 spiro atoms. The van der Waals surface area contributed by atoms with E-state index in [0.717, 1.165) is 0 Å². The van der Waals surface area contributed by atoms with Gasteiger partial charge in [-0.3, -0.25) is 4.79 Å². The first kappa shape index (κ1) is 13.1. The Hall–Kier alpha value is -3.62. The Bertz CT molecular complexity index is 1000. The normalized spacial score (nSPS) is 11.0. The molecule has 0 bridgehead atoms. The van der Waals surface area contributed by atoms with Crippen molar-refractivity contribution in [2.45, 2.75) is 0 Å². The van der Waals surface area contributed by atoms with Crippen LogP contribution in [0.25, 0.3) is 28.2 Å². The summed E-state index contributed by atoms with van der Waals surface area (Å²) in [4.78, 5) is 20.0. The summed E-state index contributed by atoms with van der Waals surface area (Å²) in [5.41, 5.74) is 6.70. The van der Waals surface area contributed by atoms with Crippen LogP contribution in [-0.4, -0.2) is 41.1 Å². The molecule has 3 N–H and O–H groups in total. The molecule has 9 nitrogen and oxygen atoms in total. The van der Waals surface area contributed by atoms with E-state index in [1.54, 1.807) is 24.5 Å². The molecular weight excluding hydrogens is 296 g/mol. The number of amides is 1. The van der Waals surface area contributed by atoms with E-state index >= 15 is 0 Å². The van der Waals surface area contributed by atoms with Gasteiger partial charge in [-0.05, 0) is 12.1 Å². The number of fused-ring (bicyclic) bond motifs is 1. The predicted molar refractivity (Wildman–Crippen MR) is 80.6 cm³/mol. The Kier molecular flexibility index (Phi) is 2.83. The van der Waals surface area contributed by atoms with Crippen molar-refractivity contribution in [3.05, 3.63) is 48.4 Å². The molecule has 0 aliphatic rings. The monoisotopic (exact) mass is 306 g/mol. The van der Waals surface area contributed by atoms with Crippen molar-refractivity contribution in [1.29, 1.82) is 0 Å². The maximum absolute atomic E-state index is 11.6. The van der Waals surface area contributed by atoms with Gasteiger partial charge >= 0.3 is 0 Å². The molecule has 0 saturated heterocycles. The Labute approximate surface area is 129 Å². The number of nitrogens with two attached hydrogens (primary N) is 1. The predicted octanol–water partition coefficient (Wildman–Crippen LogP) is 0.699. The highest BCUT2D eigenvalue weighted by Crippen LogP contribution is 2.24. The van der Waals surface area contributed by atoms with Gasteiger partial charge in [-0.2, -0.15) is 15.4 Å². The molecule has 0 fully saturated rings. The Morgan fingerprint density at radius 1 is 1.09 bits per heavy atom. The fourth-order valence-corrected chi connectivity index (χ4v) is 2.35. The highest BCUT2D eigenvalue weighted by molar-refractivity contribution is 6.04. The van der Waals surface area contributed by atoms with E-state index in [1.807, 2.05) is 18.2 Å². The molecule has 0 aliphatic carbocycles. The number of rotatable bonds is 3. The summed E-state index contributed by atoms with van der Waals surface area (Å²) in [6, 6.07) is 8.95. The summed E-state index contributed by atoms with van der Waals surface area (Å²) < 4.78 is 1.50. The molecule has 1 aromatic carbocycles. The summed E-state index contributed by atoms with van der Waals surface area (Å²) in [7, 11) is 0. The van der Waals surface area contributed by atoms with Crippen molar-refractivity contribution in [3.63, 3.8) is 0 Å². The summed E-state index contributed by atoms with van der Waals surface area (Å²) in [5, 5.41) is 15.7.